The third-order valence-electron chi connectivity index (χ3n) is 3.83. The summed E-state index contributed by atoms with van der Waals surface area (Å²) < 4.78 is 10.3. The SMILES string of the molecule is COC(=O)C1COCCN1Cc1ccnc2ccccc12. The van der Waals surface area contributed by atoms with Crippen LogP contribution in [0.1, 0.15) is 5.56 Å². The summed E-state index contributed by atoms with van der Waals surface area (Å²) in [4.78, 5) is 18.4. The molecular weight excluding hydrogens is 268 g/mol. The van der Waals surface area contributed by atoms with Crippen molar-refractivity contribution < 1.29 is 14.3 Å². The first kappa shape index (κ1) is 14.0. The van der Waals surface area contributed by atoms with Crippen molar-refractivity contribution in [3.63, 3.8) is 0 Å². The van der Waals surface area contributed by atoms with Gasteiger partial charge in [-0.15, -0.1) is 0 Å². The van der Waals surface area contributed by atoms with Crippen LogP contribution in [0.15, 0.2) is 36.5 Å². The summed E-state index contributed by atoms with van der Waals surface area (Å²) in [5, 5.41) is 1.12. The Morgan fingerprint density at radius 1 is 1.43 bits per heavy atom. The number of benzene rings is 1. The summed E-state index contributed by atoms with van der Waals surface area (Å²) >= 11 is 0. The van der Waals surface area contributed by atoms with E-state index in [-0.39, 0.29) is 12.0 Å². The van der Waals surface area contributed by atoms with E-state index in [1.54, 1.807) is 0 Å². The van der Waals surface area contributed by atoms with Crippen LogP contribution in [-0.4, -0.2) is 48.8 Å². The standard InChI is InChI=1S/C16H18N2O3/c1-20-16(19)15-11-21-9-8-18(15)10-12-6-7-17-14-5-3-2-4-13(12)14/h2-7,15H,8-11H2,1H3. The Morgan fingerprint density at radius 3 is 3.14 bits per heavy atom. The molecule has 2 aromatic rings. The Hall–Kier alpha value is -1.98. The number of nitrogens with zero attached hydrogens (tertiary/aromatic N) is 2. The maximum Gasteiger partial charge on any atom is 0.325 e. The molecule has 1 atom stereocenters. The zero-order chi connectivity index (χ0) is 14.7. The number of para-hydroxylation sites is 1. The number of carbonyl (C=O) groups excluding carboxylic acids is 1. The number of methoxy groups -OCH3 is 1. The molecule has 2 heterocycles. The van der Waals surface area contributed by atoms with Gasteiger partial charge in [0.2, 0.25) is 0 Å². The quantitative estimate of drug-likeness (QED) is 0.802. The van der Waals surface area contributed by atoms with E-state index in [2.05, 4.69) is 16.0 Å². The fourth-order valence-electron chi connectivity index (χ4n) is 2.69. The Labute approximate surface area is 123 Å². The van der Waals surface area contributed by atoms with Gasteiger partial charge in [0, 0.05) is 24.7 Å². The van der Waals surface area contributed by atoms with Crippen molar-refractivity contribution in [2.24, 2.45) is 0 Å². The van der Waals surface area contributed by atoms with Gasteiger partial charge in [-0.25, -0.2) is 0 Å². The molecule has 0 amide bonds. The highest BCUT2D eigenvalue weighted by Gasteiger charge is 2.30. The highest BCUT2D eigenvalue weighted by molar-refractivity contribution is 5.82. The molecule has 0 bridgehead atoms. The molecular formula is C16H18N2O3. The monoisotopic (exact) mass is 286 g/mol. The fourth-order valence-corrected chi connectivity index (χ4v) is 2.69. The molecule has 3 rings (SSSR count). The smallest absolute Gasteiger partial charge is 0.325 e. The Balaban J connectivity index is 1.88. The zero-order valence-corrected chi connectivity index (χ0v) is 12.0. The normalized spacial score (nSPS) is 19.6. The predicted octanol–water partition coefficient (Wildman–Crippen LogP) is 1.61. The minimum Gasteiger partial charge on any atom is -0.468 e. The van der Waals surface area contributed by atoms with Crippen LogP contribution in [0.3, 0.4) is 0 Å². The first-order valence-corrected chi connectivity index (χ1v) is 7.02. The lowest BCUT2D eigenvalue weighted by Crippen LogP contribution is -2.49. The average molecular weight is 286 g/mol. The minimum absolute atomic E-state index is 0.243. The minimum atomic E-state index is -0.337. The lowest BCUT2D eigenvalue weighted by Gasteiger charge is -2.33. The summed E-state index contributed by atoms with van der Waals surface area (Å²) in [7, 11) is 1.41. The molecule has 1 unspecified atom stereocenters. The molecule has 5 heteroatoms. The van der Waals surface area contributed by atoms with Gasteiger partial charge in [-0.05, 0) is 17.7 Å². The van der Waals surface area contributed by atoms with Gasteiger partial charge in [0.05, 0.1) is 25.8 Å². The second kappa shape index (κ2) is 6.20. The molecule has 0 saturated carbocycles. The molecule has 110 valence electrons. The molecule has 1 aliphatic rings. The van der Waals surface area contributed by atoms with Gasteiger partial charge < -0.3 is 9.47 Å². The number of ether oxygens (including phenoxy) is 2. The summed E-state index contributed by atoms with van der Waals surface area (Å²) in [5.74, 6) is -0.243. The summed E-state index contributed by atoms with van der Waals surface area (Å²) in [6.07, 6.45) is 1.81. The highest BCUT2D eigenvalue weighted by atomic mass is 16.5. The topological polar surface area (TPSA) is 51.7 Å². The third kappa shape index (κ3) is 2.89. The molecule has 1 aromatic heterocycles. The van der Waals surface area contributed by atoms with Crippen molar-refractivity contribution in [1.82, 2.24) is 9.88 Å². The van der Waals surface area contributed by atoms with E-state index in [4.69, 9.17) is 9.47 Å². The number of carbonyl (C=O) groups is 1. The second-order valence-electron chi connectivity index (χ2n) is 5.07. The number of fused-ring (bicyclic) bond motifs is 1. The molecule has 1 saturated heterocycles. The Morgan fingerprint density at radius 2 is 2.29 bits per heavy atom. The van der Waals surface area contributed by atoms with E-state index >= 15 is 0 Å². The molecule has 0 N–H and O–H groups in total. The van der Waals surface area contributed by atoms with Crippen LogP contribution in [0.25, 0.3) is 10.9 Å². The van der Waals surface area contributed by atoms with E-state index in [9.17, 15) is 4.79 Å². The lowest BCUT2D eigenvalue weighted by molar-refractivity contribution is -0.153. The third-order valence-corrected chi connectivity index (χ3v) is 3.83. The molecule has 5 nitrogen and oxygen atoms in total. The van der Waals surface area contributed by atoms with Crippen molar-refractivity contribution in [1.29, 1.82) is 0 Å². The van der Waals surface area contributed by atoms with Gasteiger partial charge >= 0.3 is 5.97 Å². The van der Waals surface area contributed by atoms with Crippen molar-refractivity contribution >= 4 is 16.9 Å². The summed E-state index contributed by atoms with van der Waals surface area (Å²) in [5.41, 5.74) is 2.13. The average Bonchev–Trinajstić information content (AvgIpc) is 2.55. The van der Waals surface area contributed by atoms with Crippen LogP contribution in [0.5, 0.6) is 0 Å². The van der Waals surface area contributed by atoms with Crippen molar-refractivity contribution in [3.8, 4) is 0 Å². The molecule has 1 aliphatic heterocycles. The lowest BCUT2D eigenvalue weighted by atomic mass is 10.1. The van der Waals surface area contributed by atoms with Gasteiger partial charge in [0.1, 0.15) is 6.04 Å². The Bertz CT molecular complexity index is 639. The van der Waals surface area contributed by atoms with Crippen LogP contribution in [0.2, 0.25) is 0 Å². The molecule has 0 spiro atoms. The van der Waals surface area contributed by atoms with E-state index < -0.39 is 0 Å². The van der Waals surface area contributed by atoms with Gasteiger partial charge in [-0.3, -0.25) is 14.7 Å². The number of pyridine rings is 1. The largest absolute Gasteiger partial charge is 0.468 e. The number of esters is 1. The molecule has 1 fully saturated rings. The van der Waals surface area contributed by atoms with Crippen LogP contribution in [0.4, 0.5) is 0 Å². The summed E-state index contributed by atoms with van der Waals surface area (Å²) in [6.45, 7) is 2.43. The van der Waals surface area contributed by atoms with Gasteiger partial charge in [-0.1, -0.05) is 18.2 Å². The molecule has 1 aromatic carbocycles. The van der Waals surface area contributed by atoms with Crippen molar-refractivity contribution in [2.75, 3.05) is 26.9 Å². The second-order valence-corrected chi connectivity index (χ2v) is 5.07. The number of hydrogen-bond donors (Lipinski definition) is 0. The maximum absolute atomic E-state index is 11.9. The van der Waals surface area contributed by atoms with Crippen molar-refractivity contribution in [2.45, 2.75) is 12.6 Å². The van der Waals surface area contributed by atoms with Gasteiger partial charge in [-0.2, -0.15) is 0 Å². The zero-order valence-electron chi connectivity index (χ0n) is 12.0. The Kier molecular flexibility index (Phi) is 4.13. The first-order valence-electron chi connectivity index (χ1n) is 7.02. The van der Waals surface area contributed by atoms with E-state index in [0.29, 0.717) is 19.8 Å². The molecule has 0 aliphatic carbocycles. The van der Waals surface area contributed by atoms with Crippen LogP contribution >= 0.6 is 0 Å². The van der Waals surface area contributed by atoms with Gasteiger partial charge in [0.15, 0.2) is 0 Å². The summed E-state index contributed by atoms with van der Waals surface area (Å²) in [6, 6.07) is 9.71. The van der Waals surface area contributed by atoms with Crippen molar-refractivity contribution in [3.05, 3.63) is 42.1 Å². The highest BCUT2D eigenvalue weighted by Crippen LogP contribution is 2.20. The number of hydrogen-bond acceptors (Lipinski definition) is 5. The fraction of sp³-hybridized carbons (Fsp3) is 0.375. The van der Waals surface area contributed by atoms with Crippen LogP contribution < -0.4 is 0 Å². The van der Waals surface area contributed by atoms with E-state index in [1.165, 1.54) is 7.11 Å². The van der Waals surface area contributed by atoms with Crippen LogP contribution in [0, 0.1) is 0 Å². The number of rotatable bonds is 3. The molecule has 21 heavy (non-hydrogen) atoms. The number of morpholine rings is 1. The predicted molar refractivity (Wildman–Crippen MR) is 78.8 cm³/mol. The van der Waals surface area contributed by atoms with Crippen LogP contribution in [-0.2, 0) is 20.8 Å². The first-order chi connectivity index (χ1) is 10.3. The van der Waals surface area contributed by atoms with Gasteiger partial charge in [0.25, 0.3) is 0 Å². The maximum atomic E-state index is 11.9. The molecule has 0 radical (unpaired) electrons. The van der Waals surface area contributed by atoms with E-state index in [1.807, 2.05) is 30.5 Å². The number of aromatic nitrogens is 1. The van der Waals surface area contributed by atoms with E-state index in [0.717, 1.165) is 23.0 Å².